The van der Waals surface area contributed by atoms with Crippen molar-refractivity contribution in [3.8, 4) is 11.1 Å². The van der Waals surface area contributed by atoms with Crippen LogP contribution >= 0.6 is 23.1 Å². The molecule has 4 atom stereocenters. The smallest absolute Gasteiger partial charge is 0.253 e. The van der Waals surface area contributed by atoms with Gasteiger partial charge in [0.1, 0.15) is 5.01 Å². The molecule has 3 aromatic carbocycles. The molecule has 0 radical (unpaired) electrons. The standard InChI is InChI=1S/C35H34N4O4S2/c1-22-31(21-44-35-39-38-23(2)45-35)42-34(43-32(22)26-11-9-24(20-40)10-12-26)27-15-13-25(14-16-27)30-8-4-3-6-28(30)19-37-33(41)29-7-5-17-36-18-29/h3-18,22,31-32,34,40H,19-21H2,1-2H3,(H,37,41). The van der Waals surface area contributed by atoms with Crippen LogP contribution in [0.1, 0.15) is 56.9 Å². The Morgan fingerprint density at radius 3 is 2.44 bits per heavy atom. The predicted molar refractivity (Wildman–Crippen MR) is 176 cm³/mol. The van der Waals surface area contributed by atoms with Gasteiger partial charge in [0, 0.05) is 36.2 Å². The summed E-state index contributed by atoms with van der Waals surface area (Å²) in [5, 5.41) is 21.9. The summed E-state index contributed by atoms with van der Waals surface area (Å²) in [5.74, 6) is 0.635. The van der Waals surface area contributed by atoms with Gasteiger partial charge in [0.15, 0.2) is 10.6 Å². The molecule has 8 nitrogen and oxygen atoms in total. The third kappa shape index (κ3) is 7.49. The highest BCUT2D eigenvalue weighted by Crippen LogP contribution is 2.43. The van der Waals surface area contributed by atoms with Crippen LogP contribution in [0, 0.1) is 12.8 Å². The van der Waals surface area contributed by atoms with Gasteiger partial charge >= 0.3 is 0 Å². The molecule has 2 aromatic heterocycles. The van der Waals surface area contributed by atoms with E-state index in [1.165, 1.54) is 0 Å². The first-order valence-electron chi connectivity index (χ1n) is 14.8. The molecule has 0 bridgehead atoms. The topological polar surface area (TPSA) is 106 Å². The van der Waals surface area contributed by atoms with Crippen molar-refractivity contribution in [1.29, 1.82) is 0 Å². The molecule has 2 N–H and O–H groups in total. The molecule has 0 aliphatic carbocycles. The van der Waals surface area contributed by atoms with E-state index in [-0.39, 0.29) is 30.6 Å². The average molecular weight is 639 g/mol. The summed E-state index contributed by atoms with van der Waals surface area (Å²) in [6.45, 7) is 4.51. The minimum absolute atomic E-state index is 0.0000216. The van der Waals surface area contributed by atoms with Crippen molar-refractivity contribution < 1.29 is 19.4 Å². The van der Waals surface area contributed by atoms with E-state index in [4.69, 9.17) is 9.47 Å². The fourth-order valence-corrected chi connectivity index (χ4v) is 7.36. The zero-order chi connectivity index (χ0) is 31.2. The molecule has 3 heterocycles. The zero-order valence-electron chi connectivity index (χ0n) is 25.0. The van der Waals surface area contributed by atoms with Gasteiger partial charge in [0.2, 0.25) is 0 Å². The molecule has 45 heavy (non-hydrogen) atoms. The van der Waals surface area contributed by atoms with Gasteiger partial charge < -0.3 is 19.9 Å². The van der Waals surface area contributed by atoms with Gasteiger partial charge in [-0.25, -0.2) is 0 Å². The molecule has 10 heteroatoms. The number of amides is 1. The fourth-order valence-electron chi connectivity index (χ4n) is 5.35. The molecule has 5 aromatic rings. The summed E-state index contributed by atoms with van der Waals surface area (Å²) >= 11 is 3.24. The number of aliphatic hydroxyl groups excluding tert-OH is 1. The van der Waals surface area contributed by atoms with Crippen LogP contribution in [-0.2, 0) is 22.6 Å². The molecule has 1 fully saturated rings. The third-order valence-corrected chi connectivity index (χ3v) is 9.94. The SMILES string of the molecule is Cc1nnc(SCC2OC(c3ccc(-c4ccccc4CNC(=O)c4cccnc4)cc3)OC(c3ccc(CO)cc3)C2C)s1. The maximum atomic E-state index is 12.6. The van der Waals surface area contributed by atoms with Crippen molar-refractivity contribution >= 4 is 29.0 Å². The Hall–Kier alpha value is -3.93. The number of rotatable bonds is 10. The third-order valence-electron chi connectivity index (χ3n) is 7.88. The number of aliphatic hydroxyl groups is 1. The van der Waals surface area contributed by atoms with E-state index >= 15 is 0 Å². The first kappa shape index (κ1) is 31.1. The largest absolute Gasteiger partial charge is 0.392 e. The second-order valence-electron chi connectivity index (χ2n) is 10.9. The fraction of sp³-hybridized carbons (Fsp3) is 0.257. The predicted octanol–water partition coefficient (Wildman–Crippen LogP) is 6.91. The van der Waals surface area contributed by atoms with E-state index < -0.39 is 6.29 Å². The van der Waals surface area contributed by atoms with Crippen LogP contribution in [0.25, 0.3) is 11.1 Å². The number of carbonyl (C=O) groups is 1. The van der Waals surface area contributed by atoms with Crippen LogP contribution in [0.2, 0.25) is 0 Å². The molecule has 1 aliphatic rings. The second-order valence-corrected chi connectivity index (χ2v) is 13.4. The molecule has 1 aliphatic heterocycles. The van der Waals surface area contributed by atoms with E-state index in [0.717, 1.165) is 48.5 Å². The lowest BCUT2D eigenvalue weighted by molar-refractivity contribution is -0.268. The van der Waals surface area contributed by atoms with Crippen LogP contribution in [-0.4, -0.2) is 38.1 Å². The molecule has 6 rings (SSSR count). The van der Waals surface area contributed by atoms with Crippen molar-refractivity contribution in [1.82, 2.24) is 20.5 Å². The normalized spacial score (nSPS) is 19.7. The molecular formula is C35H34N4O4S2. The number of ether oxygens (including phenoxy) is 2. The first-order valence-corrected chi connectivity index (χ1v) is 16.6. The summed E-state index contributed by atoms with van der Waals surface area (Å²) in [7, 11) is 0. The number of aromatic nitrogens is 3. The number of carbonyl (C=O) groups excluding carboxylic acids is 1. The van der Waals surface area contributed by atoms with Gasteiger partial charge in [-0.15, -0.1) is 10.2 Å². The number of hydrogen-bond acceptors (Lipinski definition) is 9. The van der Waals surface area contributed by atoms with Gasteiger partial charge in [0.25, 0.3) is 5.91 Å². The molecule has 4 unspecified atom stereocenters. The van der Waals surface area contributed by atoms with Crippen LogP contribution in [0.3, 0.4) is 0 Å². The molecule has 1 saturated heterocycles. The second kappa shape index (κ2) is 14.4. The summed E-state index contributed by atoms with van der Waals surface area (Å²) in [5.41, 5.74) is 6.44. The minimum Gasteiger partial charge on any atom is -0.392 e. The highest BCUT2D eigenvalue weighted by Gasteiger charge is 2.38. The van der Waals surface area contributed by atoms with E-state index in [0.29, 0.717) is 12.1 Å². The Morgan fingerprint density at radius 2 is 1.73 bits per heavy atom. The number of nitrogens with one attached hydrogen (secondary N) is 1. The Labute approximate surface area is 270 Å². The Bertz CT molecular complexity index is 1710. The maximum absolute atomic E-state index is 12.6. The van der Waals surface area contributed by atoms with Gasteiger partial charge in [-0.05, 0) is 46.9 Å². The number of hydrogen-bond donors (Lipinski definition) is 2. The number of aryl methyl sites for hydroxylation is 1. The molecule has 0 saturated carbocycles. The van der Waals surface area contributed by atoms with Crippen molar-refractivity contribution in [2.24, 2.45) is 5.92 Å². The van der Waals surface area contributed by atoms with E-state index in [1.54, 1.807) is 47.6 Å². The lowest BCUT2D eigenvalue weighted by Crippen LogP contribution is -2.38. The number of pyridine rings is 1. The lowest BCUT2D eigenvalue weighted by Gasteiger charge is -2.41. The van der Waals surface area contributed by atoms with Crippen molar-refractivity contribution in [3.05, 3.63) is 130 Å². The highest BCUT2D eigenvalue weighted by atomic mass is 32.2. The molecular weight excluding hydrogens is 605 g/mol. The Kier molecular flexibility index (Phi) is 9.97. The van der Waals surface area contributed by atoms with E-state index in [9.17, 15) is 9.90 Å². The number of thioether (sulfide) groups is 1. The molecule has 0 spiro atoms. The van der Waals surface area contributed by atoms with E-state index in [2.05, 4.69) is 45.6 Å². The van der Waals surface area contributed by atoms with Gasteiger partial charge in [0.05, 0.1) is 24.4 Å². The number of benzene rings is 3. The monoisotopic (exact) mass is 638 g/mol. The Balaban J connectivity index is 1.21. The average Bonchev–Trinajstić information content (AvgIpc) is 3.52. The van der Waals surface area contributed by atoms with Crippen LogP contribution in [0.4, 0.5) is 0 Å². The summed E-state index contributed by atoms with van der Waals surface area (Å²) in [4.78, 5) is 16.7. The zero-order valence-corrected chi connectivity index (χ0v) is 26.6. The molecule has 1 amide bonds. The highest BCUT2D eigenvalue weighted by molar-refractivity contribution is 8.01. The first-order chi connectivity index (χ1) is 22.0. The van der Waals surface area contributed by atoms with Gasteiger partial charge in [-0.1, -0.05) is 103 Å². The van der Waals surface area contributed by atoms with Crippen molar-refractivity contribution in [3.63, 3.8) is 0 Å². The van der Waals surface area contributed by atoms with Crippen LogP contribution in [0.5, 0.6) is 0 Å². The van der Waals surface area contributed by atoms with Gasteiger partial charge in [-0.3, -0.25) is 9.78 Å². The van der Waals surface area contributed by atoms with Gasteiger partial charge in [-0.2, -0.15) is 0 Å². The minimum atomic E-state index is -0.562. The number of nitrogens with zero attached hydrogens (tertiary/aromatic N) is 3. The van der Waals surface area contributed by atoms with Crippen LogP contribution in [0.15, 0.2) is 102 Å². The van der Waals surface area contributed by atoms with E-state index in [1.807, 2.05) is 61.5 Å². The summed E-state index contributed by atoms with van der Waals surface area (Å²) < 4.78 is 14.2. The molecule has 230 valence electrons. The summed E-state index contributed by atoms with van der Waals surface area (Å²) in [6.07, 6.45) is 2.36. The van der Waals surface area contributed by atoms with Crippen LogP contribution < -0.4 is 5.32 Å². The van der Waals surface area contributed by atoms with Crippen molar-refractivity contribution in [2.45, 2.75) is 49.8 Å². The maximum Gasteiger partial charge on any atom is 0.253 e. The quantitative estimate of drug-likeness (QED) is 0.159. The van der Waals surface area contributed by atoms with Crippen molar-refractivity contribution in [2.75, 3.05) is 5.75 Å². The Morgan fingerprint density at radius 1 is 0.956 bits per heavy atom. The lowest BCUT2D eigenvalue weighted by atomic mass is 9.91. The summed E-state index contributed by atoms with van der Waals surface area (Å²) in [6, 6.07) is 27.7.